The minimum atomic E-state index is -0.126. The molecular formula is C22H31N3O4. The lowest BCUT2D eigenvalue weighted by Gasteiger charge is -2.35. The second-order valence-electron chi connectivity index (χ2n) is 8.11. The summed E-state index contributed by atoms with van der Waals surface area (Å²) in [5.74, 6) is 0.545. The van der Waals surface area contributed by atoms with E-state index in [0.717, 1.165) is 70.6 Å². The number of oxazole rings is 1. The van der Waals surface area contributed by atoms with Crippen molar-refractivity contribution in [1.29, 1.82) is 0 Å². The van der Waals surface area contributed by atoms with Crippen LogP contribution in [0, 0.1) is 5.92 Å². The number of amides is 1. The molecule has 4 rings (SSSR count). The first-order chi connectivity index (χ1) is 14.2. The maximum Gasteiger partial charge on any atom is 0.309 e. The number of para-hydroxylation sites is 2. The molecule has 2 aliphatic heterocycles. The van der Waals surface area contributed by atoms with Crippen molar-refractivity contribution in [3.63, 3.8) is 0 Å². The van der Waals surface area contributed by atoms with Crippen LogP contribution in [0.2, 0.25) is 0 Å². The van der Waals surface area contributed by atoms with Gasteiger partial charge in [0.2, 0.25) is 0 Å². The Morgan fingerprint density at radius 3 is 2.79 bits per heavy atom. The Labute approximate surface area is 171 Å². The van der Waals surface area contributed by atoms with Gasteiger partial charge in [-0.3, -0.25) is 4.79 Å². The number of likely N-dealkylation sites (tertiary alicyclic amines) is 1. The molecule has 3 heterocycles. The van der Waals surface area contributed by atoms with E-state index in [1.807, 2.05) is 29.2 Å². The molecule has 0 spiro atoms. The molecule has 1 unspecified atom stereocenters. The Morgan fingerprint density at radius 1 is 1.24 bits per heavy atom. The highest BCUT2D eigenvalue weighted by Crippen LogP contribution is 2.23. The molecule has 2 saturated heterocycles. The van der Waals surface area contributed by atoms with Gasteiger partial charge in [-0.2, -0.15) is 0 Å². The zero-order valence-electron chi connectivity index (χ0n) is 17.2. The van der Waals surface area contributed by atoms with E-state index in [1.165, 1.54) is 0 Å². The van der Waals surface area contributed by atoms with Crippen LogP contribution in [-0.4, -0.2) is 79.8 Å². The third-order valence-corrected chi connectivity index (χ3v) is 6.01. The van der Waals surface area contributed by atoms with Gasteiger partial charge in [0, 0.05) is 33.4 Å². The van der Waals surface area contributed by atoms with Crippen molar-refractivity contribution in [3.8, 4) is 0 Å². The van der Waals surface area contributed by atoms with Gasteiger partial charge >= 0.3 is 5.91 Å². The predicted octanol–water partition coefficient (Wildman–Crippen LogP) is 2.81. The molecule has 2 aromatic rings. The molecule has 1 aromatic heterocycles. The van der Waals surface area contributed by atoms with Crippen molar-refractivity contribution >= 4 is 17.0 Å². The van der Waals surface area contributed by atoms with Gasteiger partial charge in [-0.05, 0) is 56.8 Å². The van der Waals surface area contributed by atoms with E-state index >= 15 is 0 Å². The molecular weight excluding hydrogens is 370 g/mol. The second-order valence-corrected chi connectivity index (χ2v) is 8.11. The fraction of sp³-hybridized carbons (Fsp3) is 0.636. The van der Waals surface area contributed by atoms with Gasteiger partial charge in [-0.15, -0.1) is 0 Å². The van der Waals surface area contributed by atoms with Crippen molar-refractivity contribution in [1.82, 2.24) is 14.8 Å². The number of carbonyl (C=O) groups excluding carboxylic acids is 1. The highest BCUT2D eigenvalue weighted by Gasteiger charge is 2.30. The van der Waals surface area contributed by atoms with Crippen LogP contribution in [0.5, 0.6) is 0 Å². The summed E-state index contributed by atoms with van der Waals surface area (Å²) in [6.45, 7) is 5.99. The average molecular weight is 402 g/mol. The number of aromatic nitrogens is 1. The molecule has 29 heavy (non-hydrogen) atoms. The predicted molar refractivity (Wildman–Crippen MR) is 110 cm³/mol. The number of hydrogen-bond donors (Lipinski definition) is 0. The summed E-state index contributed by atoms with van der Waals surface area (Å²) in [6.07, 6.45) is 4.37. The minimum absolute atomic E-state index is 0.116. The first-order valence-corrected chi connectivity index (χ1v) is 10.7. The van der Waals surface area contributed by atoms with Crippen molar-refractivity contribution in [2.45, 2.75) is 31.8 Å². The topological polar surface area (TPSA) is 68.0 Å². The van der Waals surface area contributed by atoms with E-state index in [-0.39, 0.29) is 17.9 Å². The smallest absolute Gasteiger partial charge is 0.309 e. The standard InChI is InChI=1S/C22H31N3O4/c1-27-14-12-24-10-8-17(9-11-24)15-25(16-18-5-4-13-28-18)22(26)21-23-19-6-2-3-7-20(19)29-21/h2-3,6-7,17-18H,4-5,8-16H2,1H3. The van der Waals surface area contributed by atoms with E-state index in [4.69, 9.17) is 13.9 Å². The molecule has 1 atom stereocenters. The summed E-state index contributed by atoms with van der Waals surface area (Å²) in [5, 5.41) is 0. The molecule has 0 radical (unpaired) electrons. The number of nitrogens with zero attached hydrogens (tertiary/aromatic N) is 3. The highest BCUT2D eigenvalue weighted by molar-refractivity contribution is 5.92. The number of methoxy groups -OCH3 is 1. The van der Waals surface area contributed by atoms with Crippen LogP contribution in [0.25, 0.3) is 11.1 Å². The Kier molecular flexibility index (Phi) is 6.79. The number of piperidine rings is 1. The van der Waals surface area contributed by atoms with Gasteiger partial charge in [-0.1, -0.05) is 12.1 Å². The first-order valence-electron chi connectivity index (χ1n) is 10.7. The van der Waals surface area contributed by atoms with E-state index in [0.29, 0.717) is 18.0 Å². The molecule has 158 valence electrons. The van der Waals surface area contributed by atoms with Crippen LogP contribution < -0.4 is 0 Å². The number of benzene rings is 1. The van der Waals surface area contributed by atoms with Gasteiger partial charge in [0.15, 0.2) is 5.58 Å². The fourth-order valence-electron chi connectivity index (χ4n) is 4.30. The lowest BCUT2D eigenvalue weighted by molar-refractivity contribution is 0.0411. The molecule has 0 saturated carbocycles. The van der Waals surface area contributed by atoms with Crippen molar-refractivity contribution in [2.75, 3.05) is 53.0 Å². The summed E-state index contributed by atoms with van der Waals surface area (Å²) in [5.41, 5.74) is 1.37. The normalized spacial score (nSPS) is 21.1. The highest BCUT2D eigenvalue weighted by atomic mass is 16.5. The van der Waals surface area contributed by atoms with Crippen LogP contribution in [0.4, 0.5) is 0 Å². The molecule has 1 amide bonds. The van der Waals surface area contributed by atoms with Gasteiger partial charge in [0.05, 0.1) is 12.7 Å². The Hall–Kier alpha value is -1.96. The first kappa shape index (κ1) is 20.3. The van der Waals surface area contributed by atoms with Crippen molar-refractivity contribution < 1.29 is 18.7 Å². The van der Waals surface area contributed by atoms with E-state index in [2.05, 4.69) is 9.88 Å². The largest absolute Gasteiger partial charge is 0.432 e. The Balaban J connectivity index is 1.42. The summed E-state index contributed by atoms with van der Waals surface area (Å²) in [6, 6.07) is 7.51. The van der Waals surface area contributed by atoms with Crippen molar-refractivity contribution in [2.24, 2.45) is 5.92 Å². The SMILES string of the molecule is COCCN1CCC(CN(CC2CCCO2)C(=O)c2nc3ccccc3o2)CC1. The van der Waals surface area contributed by atoms with Crippen LogP contribution >= 0.6 is 0 Å². The zero-order valence-corrected chi connectivity index (χ0v) is 17.2. The lowest BCUT2D eigenvalue weighted by Crippen LogP contribution is -2.44. The number of fused-ring (bicyclic) bond motifs is 1. The Morgan fingerprint density at radius 2 is 2.07 bits per heavy atom. The molecule has 7 heteroatoms. The third kappa shape index (κ3) is 5.15. The molecule has 0 N–H and O–H groups in total. The molecule has 2 fully saturated rings. The van der Waals surface area contributed by atoms with Crippen molar-refractivity contribution in [3.05, 3.63) is 30.2 Å². The lowest BCUT2D eigenvalue weighted by atomic mass is 9.96. The van der Waals surface area contributed by atoms with Gasteiger partial charge < -0.3 is 23.7 Å². The van der Waals surface area contributed by atoms with Crippen LogP contribution in [0.15, 0.2) is 28.7 Å². The molecule has 0 aliphatic carbocycles. The quantitative estimate of drug-likeness (QED) is 0.678. The number of hydrogen-bond acceptors (Lipinski definition) is 6. The second kappa shape index (κ2) is 9.69. The van der Waals surface area contributed by atoms with E-state index in [1.54, 1.807) is 7.11 Å². The maximum atomic E-state index is 13.3. The number of ether oxygens (including phenoxy) is 2. The number of rotatable bonds is 8. The Bertz CT molecular complexity index is 761. The molecule has 1 aromatic carbocycles. The van der Waals surface area contributed by atoms with Gasteiger partial charge in [0.25, 0.3) is 5.89 Å². The molecule has 0 bridgehead atoms. The minimum Gasteiger partial charge on any atom is -0.432 e. The molecule has 2 aliphatic rings. The van der Waals surface area contributed by atoms with Gasteiger partial charge in [0.1, 0.15) is 5.52 Å². The average Bonchev–Trinajstić information content (AvgIpc) is 3.42. The maximum absolute atomic E-state index is 13.3. The fourth-order valence-corrected chi connectivity index (χ4v) is 4.30. The number of carbonyl (C=O) groups is 1. The summed E-state index contributed by atoms with van der Waals surface area (Å²) < 4.78 is 16.8. The zero-order chi connectivity index (χ0) is 20.1. The summed E-state index contributed by atoms with van der Waals surface area (Å²) >= 11 is 0. The summed E-state index contributed by atoms with van der Waals surface area (Å²) in [4.78, 5) is 22.0. The molecule has 7 nitrogen and oxygen atoms in total. The van der Waals surface area contributed by atoms with Crippen LogP contribution in [0.1, 0.15) is 36.4 Å². The van der Waals surface area contributed by atoms with Crippen LogP contribution in [0.3, 0.4) is 0 Å². The van der Waals surface area contributed by atoms with E-state index < -0.39 is 0 Å². The summed E-state index contributed by atoms with van der Waals surface area (Å²) in [7, 11) is 1.74. The third-order valence-electron chi connectivity index (χ3n) is 6.01. The van der Waals surface area contributed by atoms with E-state index in [9.17, 15) is 4.79 Å². The van der Waals surface area contributed by atoms with Gasteiger partial charge in [-0.25, -0.2) is 4.98 Å². The van der Waals surface area contributed by atoms with Crippen LogP contribution in [-0.2, 0) is 9.47 Å². The monoisotopic (exact) mass is 401 g/mol.